The third kappa shape index (κ3) is 7.53. The van der Waals surface area contributed by atoms with Crippen molar-refractivity contribution in [2.24, 2.45) is 5.11 Å². The summed E-state index contributed by atoms with van der Waals surface area (Å²) < 4.78 is 51.1. The lowest BCUT2D eigenvalue weighted by Gasteiger charge is -2.25. The van der Waals surface area contributed by atoms with Crippen molar-refractivity contribution in [1.82, 2.24) is 14.4 Å². The van der Waals surface area contributed by atoms with Gasteiger partial charge in [0.2, 0.25) is 0 Å². The minimum Gasteiger partial charge on any atom is -0.352 e. The second kappa shape index (κ2) is 9.53. The summed E-state index contributed by atoms with van der Waals surface area (Å²) in [5.74, 6) is 0. The van der Waals surface area contributed by atoms with Gasteiger partial charge in [-0.05, 0) is 12.5 Å². The van der Waals surface area contributed by atoms with Crippen molar-refractivity contribution in [3.8, 4) is 0 Å². The first-order chi connectivity index (χ1) is 14.1. The van der Waals surface area contributed by atoms with E-state index in [0.717, 1.165) is 9.42 Å². The van der Waals surface area contributed by atoms with Crippen molar-refractivity contribution in [2.75, 3.05) is 6.61 Å². The molecule has 0 radical (unpaired) electrons. The molecule has 0 aliphatic carbocycles. The summed E-state index contributed by atoms with van der Waals surface area (Å²) in [4.78, 5) is 56.2. The third-order valence-electron chi connectivity index (χ3n) is 3.64. The van der Waals surface area contributed by atoms with Gasteiger partial charge in [-0.3, -0.25) is 18.7 Å². The predicted molar refractivity (Wildman–Crippen MR) is 107 cm³/mol. The molecule has 0 saturated carbocycles. The maximum atomic E-state index is 12.4. The molecule has 17 nitrogen and oxygen atoms in total. The zero-order valence-electron chi connectivity index (χ0n) is 15.0. The van der Waals surface area contributed by atoms with Gasteiger partial charge in [-0.1, -0.05) is 5.11 Å². The molecule has 0 amide bonds. The van der Waals surface area contributed by atoms with Crippen molar-refractivity contribution in [1.29, 1.82) is 0 Å². The van der Waals surface area contributed by atoms with E-state index in [1.54, 1.807) is 0 Å². The van der Waals surface area contributed by atoms with Crippen molar-refractivity contribution in [3.05, 3.63) is 43.0 Å². The van der Waals surface area contributed by atoms with Crippen molar-refractivity contribution in [3.63, 3.8) is 0 Å². The number of aryl methyl sites for hydroxylation is 1. The molecule has 1 aliphatic rings. The van der Waals surface area contributed by atoms with Crippen molar-refractivity contribution < 1.29 is 41.9 Å². The largest absolute Gasteiger partial charge is 0.417 e. The fourth-order valence-electron chi connectivity index (χ4n) is 2.45. The second-order valence-corrected chi connectivity index (χ2v) is 10.2. The highest BCUT2D eigenvalue weighted by Gasteiger charge is 2.38. The van der Waals surface area contributed by atoms with Gasteiger partial charge < -0.3 is 28.5 Å². The van der Waals surface area contributed by atoms with Crippen LogP contribution in [0.5, 0.6) is 0 Å². The normalized spacial score (nSPS) is 25.4. The van der Waals surface area contributed by atoms with Gasteiger partial charge in [0, 0.05) is 23.1 Å². The van der Waals surface area contributed by atoms with Gasteiger partial charge in [0.05, 0.1) is 26.3 Å². The lowest BCUT2D eigenvalue weighted by molar-refractivity contribution is -0.0230. The van der Waals surface area contributed by atoms with Crippen LogP contribution in [0.3, 0.4) is 0 Å². The summed E-state index contributed by atoms with van der Waals surface area (Å²) in [6.07, 6.45) is -0.743. The molecule has 31 heavy (non-hydrogen) atoms. The Labute approximate surface area is 174 Å². The maximum absolute atomic E-state index is 12.4. The monoisotopic (exact) mass is 503 g/mol. The van der Waals surface area contributed by atoms with Crippen LogP contribution in [0.2, 0.25) is 0 Å². The third-order valence-corrected chi connectivity index (χ3v) is 7.47. The Balaban J connectivity index is 2.14. The van der Waals surface area contributed by atoms with Gasteiger partial charge in [0.25, 0.3) is 5.56 Å². The fourth-order valence-corrected chi connectivity index (χ4v) is 5.43. The van der Waals surface area contributed by atoms with E-state index in [4.69, 9.17) is 24.6 Å². The summed E-state index contributed by atoms with van der Waals surface area (Å²) in [5.41, 5.74) is 7.62. The zero-order valence-corrected chi connectivity index (χ0v) is 17.6. The summed E-state index contributed by atoms with van der Waals surface area (Å²) in [7, 11) is -15.8. The maximum Gasteiger partial charge on any atom is 0.417 e. The Hall–Kier alpha value is -1.54. The minimum absolute atomic E-state index is 0.00315. The van der Waals surface area contributed by atoms with Crippen LogP contribution < -0.4 is 16.1 Å². The standard InChI is InChI=1S/C10H19BN6O11P3/c1-5-3-17(10(19)13-9(5)18)8-2-6(14-15-12)7(27-8)4-26-29(11,20)28-31(24,25)16-30(21,22)23/h3,6-8H,2,4H2,1,11H3,(H,13,18,19)(H4,16,21,22,23,24,25)/q-1/t6-,7-,8-,29?/m1/s1. The van der Waals surface area contributed by atoms with Crippen LogP contribution in [0.25, 0.3) is 10.4 Å². The predicted octanol–water partition coefficient (Wildman–Crippen LogP) is -0.899. The van der Waals surface area contributed by atoms with Gasteiger partial charge in [-0.15, -0.1) is 4.86 Å². The summed E-state index contributed by atoms with van der Waals surface area (Å²) in [6.45, 7) is 0.932. The first-order valence-corrected chi connectivity index (χ1v) is 12.1. The number of hydrogen-bond donors (Lipinski definition) is 5. The number of hydrogen-bond acceptors (Lipinski definition) is 9. The van der Waals surface area contributed by atoms with Gasteiger partial charge >= 0.3 is 21.2 Å². The summed E-state index contributed by atoms with van der Waals surface area (Å²) >= 11 is 0. The number of ether oxygens (including phenoxy) is 1. The van der Waals surface area contributed by atoms with Crippen LogP contribution in [0.1, 0.15) is 18.2 Å². The summed E-state index contributed by atoms with van der Waals surface area (Å²) in [6, 6.07) is -0.886. The van der Waals surface area contributed by atoms with Gasteiger partial charge in [-0.25, -0.2) is 13.9 Å². The Morgan fingerprint density at radius 3 is 2.65 bits per heavy atom. The topological polar surface area (TPSA) is 255 Å². The zero-order chi connectivity index (χ0) is 23.6. The highest BCUT2D eigenvalue weighted by atomic mass is 31.3. The first kappa shape index (κ1) is 25.7. The molecule has 5 N–H and O–H groups in total. The second-order valence-electron chi connectivity index (χ2n) is 5.88. The van der Waals surface area contributed by atoms with Gasteiger partial charge in [0.15, 0.2) is 7.47 Å². The highest BCUT2D eigenvalue weighted by molar-refractivity contribution is 7.84. The summed E-state index contributed by atoms with van der Waals surface area (Å²) in [5, 5.41) is 3.53. The molecule has 1 aliphatic heterocycles. The lowest BCUT2D eigenvalue weighted by Crippen LogP contribution is -2.33. The van der Waals surface area contributed by atoms with Crippen LogP contribution in [-0.4, -0.2) is 50.5 Å². The molecule has 1 aromatic heterocycles. The van der Waals surface area contributed by atoms with E-state index in [9.17, 15) is 28.2 Å². The van der Waals surface area contributed by atoms with E-state index in [-0.39, 0.29) is 12.0 Å². The van der Waals surface area contributed by atoms with E-state index in [1.165, 1.54) is 13.1 Å². The molecule has 2 heterocycles. The van der Waals surface area contributed by atoms with E-state index in [1.807, 2.05) is 0 Å². The molecule has 0 spiro atoms. The number of H-pyrrole nitrogens is 1. The van der Waals surface area contributed by atoms with Crippen LogP contribution in [-0.2, 0) is 27.3 Å². The highest BCUT2D eigenvalue weighted by Crippen LogP contribution is 2.61. The van der Waals surface area contributed by atoms with Crippen molar-refractivity contribution in [2.45, 2.75) is 31.7 Å². The van der Waals surface area contributed by atoms with Gasteiger partial charge in [0.1, 0.15) is 6.23 Å². The molecule has 2 unspecified atom stereocenters. The van der Waals surface area contributed by atoms with Crippen LogP contribution in [0.4, 0.5) is 0 Å². The van der Waals surface area contributed by atoms with Gasteiger partial charge in [-0.2, -0.15) is 0 Å². The molecule has 21 heteroatoms. The van der Waals surface area contributed by atoms with E-state index >= 15 is 0 Å². The molecule has 5 atom stereocenters. The van der Waals surface area contributed by atoms with E-state index < -0.39 is 66.8 Å². The Kier molecular flexibility index (Phi) is 7.91. The lowest BCUT2D eigenvalue weighted by atomic mass is 10.1. The Morgan fingerprint density at radius 1 is 1.42 bits per heavy atom. The van der Waals surface area contributed by atoms with E-state index in [2.05, 4.69) is 19.3 Å². The molecule has 1 aromatic rings. The molecule has 2 rings (SSSR count). The number of aromatic nitrogens is 2. The number of aromatic amines is 1. The quantitative estimate of drug-likeness (QED) is 0.0904. The number of rotatable bonds is 9. The Morgan fingerprint density at radius 2 is 2.06 bits per heavy atom. The average molecular weight is 503 g/mol. The fraction of sp³-hybridized carbons (Fsp3) is 0.600. The smallest absolute Gasteiger partial charge is 0.352 e. The van der Waals surface area contributed by atoms with Crippen molar-refractivity contribution >= 4 is 30.5 Å². The minimum atomic E-state index is -5.16. The molecule has 174 valence electrons. The van der Waals surface area contributed by atoms with Crippen LogP contribution >= 0.6 is 23.0 Å². The molecular formula is C10H19BN6O11P3-. The molecule has 1 saturated heterocycles. The number of nitrogens with zero attached hydrogens (tertiary/aromatic N) is 4. The van der Waals surface area contributed by atoms with Crippen LogP contribution in [0.15, 0.2) is 20.9 Å². The number of nitrogens with one attached hydrogen (secondary N) is 2. The molecular weight excluding hydrogens is 484 g/mol. The van der Waals surface area contributed by atoms with E-state index in [0.29, 0.717) is 0 Å². The molecule has 0 aromatic carbocycles. The first-order valence-electron chi connectivity index (χ1n) is 7.81. The molecule has 1 fully saturated rings. The number of azide groups is 1. The SMILES string of the molecule is [BH3-]P(=O)(OC[C@H]1O[C@@H](n2cc(C)c(=O)[nH]c2=O)C[C@H]1N=[N+]=[N-])OP(=O)(O)NP(=O)(O)O. The van der Waals surface area contributed by atoms with Crippen LogP contribution in [0, 0.1) is 6.92 Å². The Bertz CT molecular complexity index is 1140. The average Bonchev–Trinajstić information content (AvgIpc) is 2.96. The molecule has 0 bridgehead atoms.